The Morgan fingerprint density at radius 1 is 1.00 bits per heavy atom. The van der Waals surface area contributed by atoms with E-state index in [1.165, 1.54) is 12.1 Å². The normalized spacial score (nSPS) is 17.6. The molecule has 4 atom stereocenters. The molecule has 12 heteroatoms. The van der Waals surface area contributed by atoms with Gasteiger partial charge in [0.15, 0.2) is 0 Å². The highest BCUT2D eigenvalue weighted by Gasteiger charge is 2.32. The third kappa shape index (κ3) is 9.17. The van der Waals surface area contributed by atoms with Crippen LogP contribution < -0.4 is 27.0 Å². The lowest BCUT2D eigenvalue weighted by molar-refractivity contribution is -0.142. The average molecular weight is 506 g/mol. The molecule has 36 heavy (non-hydrogen) atoms. The average Bonchev–Trinajstić information content (AvgIpc) is 3.33. The Hall–Kier alpha value is -3.67. The van der Waals surface area contributed by atoms with Gasteiger partial charge in [-0.25, -0.2) is 4.79 Å². The number of carbonyl (C=O) groups is 5. The zero-order chi connectivity index (χ0) is 26.8. The van der Waals surface area contributed by atoms with E-state index in [-0.39, 0.29) is 24.5 Å². The van der Waals surface area contributed by atoms with Crippen LogP contribution in [-0.2, 0) is 30.4 Å². The van der Waals surface area contributed by atoms with Gasteiger partial charge in [-0.3, -0.25) is 19.2 Å². The maximum absolute atomic E-state index is 13.0. The molecular formula is C24H35N5O7. The molecule has 12 nitrogen and oxygen atoms in total. The first-order valence-electron chi connectivity index (χ1n) is 11.9. The Labute approximate surface area is 209 Å². The molecule has 198 valence electrons. The highest BCUT2D eigenvalue weighted by Crippen LogP contribution is 2.13. The number of nitrogens with one attached hydrogen (secondary N) is 4. The first kappa shape index (κ1) is 28.6. The van der Waals surface area contributed by atoms with E-state index < -0.39 is 60.2 Å². The highest BCUT2D eigenvalue weighted by atomic mass is 16.4. The van der Waals surface area contributed by atoms with Crippen molar-refractivity contribution in [1.82, 2.24) is 21.3 Å². The van der Waals surface area contributed by atoms with Gasteiger partial charge in [-0.05, 0) is 49.4 Å². The molecule has 1 aromatic carbocycles. The smallest absolute Gasteiger partial charge is 0.326 e. The second kappa shape index (κ2) is 13.4. The van der Waals surface area contributed by atoms with Gasteiger partial charge in [-0.2, -0.15) is 0 Å². The molecule has 1 aromatic rings. The van der Waals surface area contributed by atoms with Crippen LogP contribution in [0.5, 0.6) is 5.75 Å². The molecule has 0 aliphatic carbocycles. The fraction of sp³-hybridized carbons (Fsp3) is 0.542. The number of primary amides is 1. The second-order valence-corrected chi connectivity index (χ2v) is 9.34. The minimum absolute atomic E-state index is 0.0238. The molecule has 1 fully saturated rings. The van der Waals surface area contributed by atoms with E-state index in [4.69, 9.17) is 5.73 Å². The number of aliphatic carboxylic acids is 1. The highest BCUT2D eigenvalue weighted by molar-refractivity contribution is 5.96. The quantitative estimate of drug-likeness (QED) is 0.180. The van der Waals surface area contributed by atoms with Crippen molar-refractivity contribution < 1.29 is 34.2 Å². The van der Waals surface area contributed by atoms with Crippen LogP contribution in [0.2, 0.25) is 0 Å². The molecule has 1 aliphatic heterocycles. The van der Waals surface area contributed by atoms with Crippen molar-refractivity contribution >= 4 is 29.6 Å². The Bertz CT molecular complexity index is 945. The lowest BCUT2D eigenvalue weighted by Gasteiger charge is -2.25. The van der Waals surface area contributed by atoms with Gasteiger partial charge in [-0.15, -0.1) is 0 Å². The van der Waals surface area contributed by atoms with Gasteiger partial charge in [0.25, 0.3) is 0 Å². The Balaban J connectivity index is 2.12. The lowest BCUT2D eigenvalue weighted by Crippen LogP contribution is -2.58. The predicted molar refractivity (Wildman–Crippen MR) is 130 cm³/mol. The van der Waals surface area contributed by atoms with Crippen LogP contribution in [0.15, 0.2) is 24.3 Å². The number of carbonyl (C=O) groups excluding carboxylic acids is 4. The van der Waals surface area contributed by atoms with Crippen molar-refractivity contribution in [2.45, 2.75) is 70.1 Å². The second-order valence-electron chi connectivity index (χ2n) is 9.34. The predicted octanol–water partition coefficient (Wildman–Crippen LogP) is -0.853. The lowest BCUT2D eigenvalue weighted by atomic mass is 10.0. The molecule has 0 bridgehead atoms. The maximum atomic E-state index is 13.0. The van der Waals surface area contributed by atoms with Crippen molar-refractivity contribution in [2.24, 2.45) is 11.7 Å². The summed E-state index contributed by atoms with van der Waals surface area (Å²) in [4.78, 5) is 61.9. The fourth-order valence-electron chi connectivity index (χ4n) is 3.91. The van der Waals surface area contributed by atoms with Crippen molar-refractivity contribution in [2.75, 3.05) is 6.54 Å². The van der Waals surface area contributed by atoms with Crippen LogP contribution in [0, 0.1) is 5.92 Å². The summed E-state index contributed by atoms with van der Waals surface area (Å²) in [7, 11) is 0. The number of hydrogen-bond donors (Lipinski definition) is 7. The minimum Gasteiger partial charge on any atom is -0.508 e. The summed E-state index contributed by atoms with van der Waals surface area (Å²) in [6.07, 6.45) is 1.07. The first-order chi connectivity index (χ1) is 17.0. The third-order valence-electron chi connectivity index (χ3n) is 5.75. The SMILES string of the molecule is CC(C)CC(NC(=O)C(CC(N)=O)NC(=O)C1CCCN1)C(=O)NC(Cc1ccc(O)cc1)C(=O)O. The zero-order valence-electron chi connectivity index (χ0n) is 20.5. The number of phenolic OH excluding ortho intramolecular Hbond substituents is 1. The molecule has 4 amide bonds. The largest absolute Gasteiger partial charge is 0.508 e. The summed E-state index contributed by atoms with van der Waals surface area (Å²) in [5.41, 5.74) is 5.85. The van der Waals surface area contributed by atoms with Crippen LogP contribution in [-0.4, -0.2) is 70.5 Å². The van der Waals surface area contributed by atoms with Crippen LogP contribution >= 0.6 is 0 Å². The van der Waals surface area contributed by atoms with E-state index in [1.807, 2.05) is 13.8 Å². The number of hydrogen-bond acceptors (Lipinski definition) is 7. The minimum atomic E-state index is -1.29. The molecule has 0 aromatic heterocycles. The topological polar surface area (TPSA) is 200 Å². The first-order valence-corrected chi connectivity index (χ1v) is 11.9. The summed E-state index contributed by atoms with van der Waals surface area (Å²) in [5.74, 6) is -4.03. The Kier molecular flexibility index (Phi) is 10.7. The van der Waals surface area contributed by atoms with Crippen LogP contribution in [0.4, 0.5) is 0 Å². The number of rotatable bonds is 13. The van der Waals surface area contributed by atoms with Crippen molar-refractivity contribution in [3.63, 3.8) is 0 Å². The molecule has 0 saturated carbocycles. The summed E-state index contributed by atoms with van der Waals surface area (Å²) < 4.78 is 0. The summed E-state index contributed by atoms with van der Waals surface area (Å²) in [6.45, 7) is 4.31. The van der Waals surface area contributed by atoms with Gasteiger partial charge in [0, 0.05) is 6.42 Å². The number of benzene rings is 1. The third-order valence-corrected chi connectivity index (χ3v) is 5.75. The van der Waals surface area contributed by atoms with E-state index in [0.717, 1.165) is 6.42 Å². The number of amides is 4. The van der Waals surface area contributed by atoms with E-state index in [0.29, 0.717) is 18.5 Å². The van der Waals surface area contributed by atoms with Gasteiger partial charge in [0.05, 0.1) is 12.5 Å². The number of nitrogens with two attached hydrogens (primary N) is 1. The Morgan fingerprint density at radius 2 is 1.61 bits per heavy atom. The monoisotopic (exact) mass is 505 g/mol. The van der Waals surface area contributed by atoms with Gasteiger partial charge in [0.2, 0.25) is 23.6 Å². The zero-order valence-corrected chi connectivity index (χ0v) is 20.5. The van der Waals surface area contributed by atoms with E-state index in [2.05, 4.69) is 21.3 Å². The van der Waals surface area contributed by atoms with Gasteiger partial charge in [0.1, 0.15) is 23.9 Å². The number of aromatic hydroxyl groups is 1. The van der Waals surface area contributed by atoms with E-state index >= 15 is 0 Å². The van der Waals surface area contributed by atoms with E-state index in [9.17, 15) is 34.2 Å². The van der Waals surface area contributed by atoms with Gasteiger partial charge in [-0.1, -0.05) is 26.0 Å². The molecule has 2 rings (SSSR count). The van der Waals surface area contributed by atoms with E-state index in [1.54, 1.807) is 12.1 Å². The van der Waals surface area contributed by atoms with Crippen molar-refractivity contribution in [3.05, 3.63) is 29.8 Å². The fourth-order valence-corrected chi connectivity index (χ4v) is 3.91. The Morgan fingerprint density at radius 3 is 2.14 bits per heavy atom. The van der Waals surface area contributed by atoms with Gasteiger partial charge < -0.3 is 37.2 Å². The summed E-state index contributed by atoms with van der Waals surface area (Å²) >= 11 is 0. The molecule has 1 heterocycles. The summed E-state index contributed by atoms with van der Waals surface area (Å²) in [5, 5.41) is 29.6. The van der Waals surface area contributed by atoms with Crippen LogP contribution in [0.1, 0.15) is 45.1 Å². The molecule has 0 radical (unpaired) electrons. The number of carboxylic acid groups (broad SMARTS) is 1. The van der Waals surface area contributed by atoms with Crippen LogP contribution in [0.3, 0.4) is 0 Å². The molecule has 0 spiro atoms. The maximum Gasteiger partial charge on any atom is 0.326 e. The summed E-state index contributed by atoms with van der Waals surface area (Å²) in [6, 6.07) is 1.73. The van der Waals surface area contributed by atoms with Crippen LogP contribution in [0.25, 0.3) is 0 Å². The molecule has 1 saturated heterocycles. The molecule has 8 N–H and O–H groups in total. The number of phenols is 1. The van der Waals surface area contributed by atoms with Crippen molar-refractivity contribution in [3.8, 4) is 5.75 Å². The molecular weight excluding hydrogens is 470 g/mol. The standard InChI is InChI=1S/C24H35N5O7/c1-13(2)10-17(22(33)29-19(24(35)36)11-14-5-7-15(30)8-6-14)27-23(34)18(12-20(25)31)28-21(32)16-4-3-9-26-16/h5-8,13,16-19,26,30H,3-4,9-12H2,1-2H3,(H2,25,31)(H,27,34)(H,28,32)(H,29,33)(H,35,36). The molecule has 4 unspecified atom stereocenters. The van der Waals surface area contributed by atoms with Gasteiger partial charge >= 0.3 is 5.97 Å². The molecule has 1 aliphatic rings. The number of carboxylic acids is 1. The van der Waals surface area contributed by atoms with Crippen molar-refractivity contribution in [1.29, 1.82) is 0 Å².